The zero-order chi connectivity index (χ0) is 13.3. The summed E-state index contributed by atoms with van der Waals surface area (Å²) < 4.78 is 11.0. The van der Waals surface area contributed by atoms with Gasteiger partial charge in [0.15, 0.2) is 0 Å². The Labute approximate surface area is 113 Å². The van der Waals surface area contributed by atoms with E-state index in [2.05, 4.69) is 22.1 Å². The zero-order valence-corrected chi connectivity index (χ0v) is 11.5. The van der Waals surface area contributed by atoms with Crippen LogP contribution in [0.1, 0.15) is 43.5 Å². The summed E-state index contributed by atoms with van der Waals surface area (Å²) in [5, 5.41) is 4.05. The van der Waals surface area contributed by atoms with Crippen molar-refractivity contribution in [1.29, 1.82) is 0 Å². The second kappa shape index (κ2) is 5.19. The second-order valence-corrected chi connectivity index (χ2v) is 5.91. The highest BCUT2D eigenvalue weighted by Gasteiger charge is 2.32. The van der Waals surface area contributed by atoms with Crippen LogP contribution in [0.5, 0.6) is 0 Å². The van der Waals surface area contributed by atoms with Gasteiger partial charge in [-0.1, -0.05) is 18.0 Å². The fourth-order valence-electron chi connectivity index (χ4n) is 2.96. The van der Waals surface area contributed by atoms with Gasteiger partial charge < -0.3 is 19.9 Å². The molecule has 1 aromatic rings. The summed E-state index contributed by atoms with van der Waals surface area (Å²) in [6.45, 7) is 2.48. The van der Waals surface area contributed by atoms with Crippen LogP contribution in [-0.4, -0.2) is 47.3 Å². The Morgan fingerprint density at radius 1 is 1.42 bits per heavy atom. The van der Waals surface area contributed by atoms with Crippen molar-refractivity contribution in [3.63, 3.8) is 0 Å². The SMILES string of the molecule is CN1CCOC(c2noc(CC3(N)CCCC3)n2)C1. The molecule has 6 heteroatoms. The summed E-state index contributed by atoms with van der Waals surface area (Å²) in [5.41, 5.74) is 6.19. The lowest BCUT2D eigenvalue weighted by Crippen LogP contribution is -2.39. The van der Waals surface area contributed by atoms with E-state index in [1.807, 2.05) is 0 Å². The fourth-order valence-corrected chi connectivity index (χ4v) is 2.96. The smallest absolute Gasteiger partial charge is 0.228 e. The molecular formula is C13H22N4O2. The van der Waals surface area contributed by atoms with Crippen molar-refractivity contribution in [3.8, 4) is 0 Å². The van der Waals surface area contributed by atoms with Crippen molar-refractivity contribution in [3.05, 3.63) is 11.7 Å². The normalized spacial score (nSPS) is 27.8. The van der Waals surface area contributed by atoms with E-state index >= 15 is 0 Å². The Bertz CT molecular complexity index is 428. The lowest BCUT2D eigenvalue weighted by atomic mass is 9.95. The van der Waals surface area contributed by atoms with Gasteiger partial charge in [0.25, 0.3) is 0 Å². The number of ether oxygens (including phenoxy) is 1. The lowest BCUT2D eigenvalue weighted by Gasteiger charge is -2.27. The molecule has 6 nitrogen and oxygen atoms in total. The van der Waals surface area contributed by atoms with Gasteiger partial charge in [0.05, 0.1) is 6.61 Å². The summed E-state index contributed by atoms with van der Waals surface area (Å²) in [6.07, 6.45) is 5.11. The molecule has 2 N–H and O–H groups in total. The largest absolute Gasteiger partial charge is 0.367 e. The van der Waals surface area contributed by atoms with E-state index in [9.17, 15) is 0 Å². The molecule has 3 rings (SSSR count). The molecule has 1 aliphatic heterocycles. The Balaban J connectivity index is 1.65. The summed E-state index contributed by atoms with van der Waals surface area (Å²) in [6, 6.07) is 0. The maximum Gasteiger partial charge on any atom is 0.228 e. The van der Waals surface area contributed by atoms with Gasteiger partial charge in [-0.3, -0.25) is 0 Å². The third kappa shape index (κ3) is 2.96. The van der Waals surface area contributed by atoms with Crippen LogP contribution < -0.4 is 5.73 Å². The average molecular weight is 266 g/mol. The molecule has 2 aliphatic rings. The number of aromatic nitrogens is 2. The quantitative estimate of drug-likeness (QED) is 0.875. The van der Waals surface area contributed by atoms with Crippen LogP contribution in [0.2, 0.25) is 0 Å². The fraction of sp³-hybridized carbons (Fsp3) is 0.846. The van der Waals surface area contributed by atoms with Crippen molar-refractivity contribution < 1.29 is 9.26 Å². The minimum absolute atomic E-state index is 0.0754. The van der Waals surface area contributed by atoms with E-state index in [0.29, 0.717) is 24.7 Å². The zero-order valence-electron chi connectivity index (χ0n) is 11.5. The molecule has 19 heavy (non-hydrogen) atoms. The molecule has 1 atom stereocenters. The molecule has 1 unspecified atom stereocenters. The molecule has 0 amide bonds. The van der Waals surface area contributed by atoms with Gasteiger partial charge in [0, 0.05) is 25.0 Å². The first kappa shape index (κ1) is 13.0. The van der Waals surface area contributed by atoms with E-state index in [4.69, 9.17) is 15.0 Å². The van der Waals surface area contributed by atoms with Gasteiger partial charge in [0.2, 0.25) is 11.7 Å². The van der Waals surface area contributed by atoms with E-state index in [0.717, 1.165) is 25.9 Å². The summed E-state index contributed by atoms with van der Waals surface area (Å²) in [7, 11) is 2.07. The first-order valence-corrected chi connectivity index (χ1v) is 7.06. The monoisotopic (exact) mass is 266 g/mol. The number of hydrogen-bond acceptors (Lipinski definition) is 6. The predicted molar refractivity (Wildman–Crippen MR) is 69.6 cm³/mol. The molecule has 1 aliphatic carbocycles. The highest BCUT2D eigenvalue weighted by molar-refractivity contribution is 5.00. The molecule has 2 fully saturated rings. The van der Waals surface area contributed by atoms with E-state index < -0.39 is 0 Å². The van der Waals surface area contributed by atoms with Crippen LogP contribution >= 0.6 is 0 Å². The van der Waals surface area contributed by atoms with Crippen molar-refractivity contribution in [2.24, 2.45) is 5.73 Å². The first-order valence-electron chi connectivity index (χ1n) is 7.06. The Hall–Kier alpha value is -0.980. The summed E-state index contributed by atoms with van der Waals surface area (Å²) in [4.78, 5) is 6.68. The Kier molecular flexibility index (Phi) is 3.56. The topological polar surface area (TPSA) is 77.4 Å². The lowest BCUT2D eigenvalue weighted by molar-refractivity contribution is -0.0264. The highest BCUT2D eigenvalue weighted by Crippen LogP contribution is 2.30. The summed E-state index contributed by atoms with van der Waals surface area (Å²) in [5.74, 6) is 1.30. The molecule has 1 saturated carbocycles. The Morgan fingerprint density at radius 2 is 2.21 bits per heavy atom. The van der Waals surface area contributed by atoms with Crippen LogP contribution in [0.3, 0.4) is 0 Å². The van der Waals surface area contributed by atoms with Gasteiger partial charge in [-0.05, 0) is 19.9 Å². The maximum absolute atomic E-state index is 6.33. The number of rotatable bonds is 3. The molecular weight excluding hydrogens is 244 g/mol. The standard InChI is InChI=1S/C13H22N4O2/c1-17-6-7-18-10(9-17)12-15-11(19-16-12)8-13(14)4-2-3-5-13/h10H,2-9,14H2,1H3. The average Bonchev–Trinajstić information content (AvgIpc) is 2.99. The molecule has 0 radical (unpaired) electrons. The van der Waals surface area contributed by atoms with Crippen LogP contribution in [0.25, 0.3) is 0 Å². The number of nitrogens with zero attached hydrogens (tertiary/aromatic N) is 3. The van der Waals surface area contributed by atoms with Crippen molar-refractivity contribution >= 4 is 0 Å². The van der Waals surface area contributed by atoms with Crippen LogP contribution in [0.4, 0.5) is 0 Å². The van der Waals surface area contributed by atoms with Gasteiger partial charge >= 0.3 is 0 Å². The predicted octanol–water partition coefficient (Wildman–Crippen LogP) is 0.887. The minimum atomic E-state index is -0.145. The van der Waals surface area contributed by atoms with Gasteiger partial charge in [0.1, 0.15) is 6.10 Å². The third-order valence-corrected chi connectivity index (χ3v) is 4.14. The maximum atomic E-state index is 6.33. The third-order valence-electron chi connectivity index (χ3n) is 4.14. The molecule has 0 aromatic carbocycles. The first-order chi connectivity index (χ1) is 9.15. The van der Waals surface area contributed by atoms with Crippen LogP contribution in [0.15, 0.2) is 4.52 Å². The minimum Gasteiger partial charge on any atom is -0.367 e. The van der Waals surface area contributed by atoms with Crippen LogP contribution in [-0.2, 0) is 11.2 Å². The Morgan fingerprint density at radius 3 is 2.95 bits per heavy atom. The number of hydrogen-bond donors (Lipinski definition) is 1. The summed E-state index contributed by atoms with van der Waals surface area (Å²) >= 11 is 0. The number of morpholine rings is 1. The van der Waals surface area contributed by atoms with Crippen molar-refractivity contribution in [1.82, 2.24) is 15.0 Å². The van der Waals surface area contributed by atoms with Crippen LogP contribution in [0, 0.1) is 0 Å². The van der Waals surface area contributed by atoms with E-state index in [1.165, 1.54) is 12.8 Å². The van der Waals surface area contributed by atoms with E-state index in [1.54, 1.807) is 0 Å². The highest BCUT2D eigenvalue weighted by atomic mass is 16.5. The van der Waals surface area contributed by atoms with Gasteiger partial charge in [-0.15, -0.1) is 0 Å². The molecule has 0 spiro atoms. The molecule has 2 heterocycles. The van der Waals surface area contributed by atoms with Crippen molar-refractivity contribution in [2.75, 3.05) is 26.7 Å². The molecule has 1 saturated heterocycles. The van der Waals surface area contributed by atoms with E-state index in [-0.39, 0.29) is 11.6 Å². The van der Waals surface area contributed by atoms with Gasteiger partial charge in [-0.2, -0.15) is 4.98 Å². The van der Waals surface area contributed by atoms with Crippen molar-refractivity contribution in [2.45, 2.75) is 43.7 Å². The molecule has 0 bridgehead atoms. The molecule has 1 aromatic heterocycles. The second-order valence-electron chi connectivity index (χ2n) is 5.91. The van der Waals surface area contributed by atoms with Gasteiger partial charge in [-0.25, -0.2) is 0 Å². The number of nitrogens with two attached hydrogens (primary N) is 1. The number of likely N-dealkylation sites (N-methyl/N-ethyl adjacent to an activating group) is 1. The molecule has 106 valence electrons.